The number of hydrogen-bond donors (Lipinski definition) is 0. The first-order valence-electron chi connectivity index (χ1n) is 6.19. The summed E-state index contributed by atoms with van der Waals surface area (Å²) in [6, 6.07) is 6.87. The molecule has 0 aliphatic rings. The predicted molar refractivity (Wildman–Crippen MR) is 73.6 cm³/mol. The number of esters is 1. The molecule has 3 aromatic rings. The van der Waals surface area contributed by atoms with Crippen LogP contribution in [-0.4, -0.2) is 30.5 Å². The predicted octanol–water partition coefficient (Wildman–Crippen LogP) is 1.56. The van der Waals surface area contributed by atoms with Crippen molar-refractivity contribution in [3.63, 3.8) is 0 Å². The summed E-state index contributed by atoms with van der Waals surface area (Å²) in [4.78, 5) is 30.0. The Kier molecular flexibility index (Phi) is 3.22. The number of carbonyl (C=O) groups excluding carboxylic acids is 1. The molecule has 0 saturated carbocycles. The second-order valence-corrected chi connectivity index (χ2v) is 4.37. The van der Waals surface area contributed by atoms with Crippen molar-refractivity contribution in [2.75, 3.05) is 0 Å². The molecule has 0 radical (unpaired) electrons. The van der Waals surface area contributed by atoms with Crippen LogP contribution in [0.5, 0.6) is 5.75 Å². The van der Waals surface area contributed by atoms with E-state index in [1.54, 1.807) is 19.2 Å². The van der Waals surface area contributed by atoms with Gasteiger partial charge in [-0.3, -0.25) is 10.1 Å². The minimum Gasteiger partial charge on any atom is -0.421 e. The smallest absolute Gasteiger partial charge is 0.383 e. The molecule has 0 saturated heterocycles. The average Bonchev–Trinajstić information content (AvgIpc) is 2.93. The van der Waals surface area contributed by atoms with Crippen LogP contribution in [0.1, 0.15) is 16.3 Å². The second-order valence-electron chi connectivity index (χ2n) is 4.37. The summed E-state index contributed by atoms with van der Waals surface area (Å²) < 4.78 is 6.50. The quantitative estimate of drug-likeness (QED) is 0.312. The Bertz CT molecular complexity index is 872. The van der Waals surface area contributed by atoms with Crippen LogP contribution in [0, 0.1) is 17.0 Å². The molecule has 110 valence electrons. The molecule has 2 heterocycles. The number of non-ortho nitro benzene ring substituents is 1. The van der Waals surface area contributed by atoms with Crippen molar-refractivity contribution in [1.29, 1.82) is 0 Å². The number of aryl methyl sites for hydroxylation is 1. The van der Waals surface area contributed by atoms with Crippen LogP contribution in [-0.2, 0) is 0 Å². The fraction of sp³-hybridized carbons (Fsp3) is 0.0769. The highest BCUT2D eigenvalue weighted by molar-refractivity contribution is 5.87. The summed E-state index contributed by atoms with van der Waals surface area (Å²) in [6.07, 6.45) is 1.56. The van der Waals surface area contributed by atoms with Gasteiger partial charge in [0.1, 0.15) is 5.75 Å². The highest BCUT2D eigenvalue weighted by Gasteiger charge is 2.17. The fourth-order valence-electron chi connectivity index (χ4n) is 1.78. The van der Waals surface area contributed by atoms with Crippen LogP contribution >= 0.6 is 0 Å². The van der Waals surface area contributed by atoms with E-state index in [1.807, 2.05) is 0 Å². The Morgan fingerprint density at radius 3 is 2.64 bits per heavy atom. The maximum Gasteiger partial charge on any atom is 0.383 e. The van der Waals surface area contributed by atoms with Crippen molar-refractivity contribution >= 4 is 17.4 Å². The van der Waals surface area contributed by atoms with Crippen LogP contribution in [0.15, 0.2) is 36.5 Å². The molecule has 22 heavy (non-hydrogen) atoms. The van der Waals surface area contributed by atoms with Crippen LogP contribution in [0.2, 0.25) is 0 Å². The maximum absolute atomic E-state index is 12.0. The number of fused-ring (bicyclic) bond motifs is 1. The van der Waals surface area contributed by atoms with Gasteiger partial charge >= 0.3 is 5.97 Å². The van der Waals surface area contributed by atoms with Gasteiger partial charge in [0.05, 0.1) is 4.92 Å². The Morgan fingerprint density at radius 2 is 2.00 bits per heavy atom. The summed E-state index contributed by atoms with van der Waals surface area (Å²) in [7, 11) is 0. The minimum atomic E-state index is -0.765. The van der Waals surface area contributed by atoms with Gasteiger partial charge in [0, 0.05) is 24.0 Å². The molecule has 0 atom stereocenters. The number of nitro benzene ring substituents is 1. The van der Waals surface area contributed by atoms with E-state index in [0.29, 0.717) is 0 Å². The molecular weight excluding hydrogens is 290 g/mol. The topological polar surface area (TPSA) is 113 Å². The van der Waals surface area contributed by atoms with Crippen LogP contribution in [0.3, 0.4) is 0 Å². The number of aromatic nitrogens is 4. The maximum atomic E-state index is 12.0. The lowest BCUT2D eigenvalue weighted by Crippen LogP contribution is -2.11. The first-order chi connectivity index (χ1) is 10.5. The summed E-state index contributed by atoms with van der Waals surface area (Å²) in [5, 5.41) is 14.6. The molecule has 3 rings (SSSR count). The number of nitro groups is 1. The van der Waals surface area contributed by atoms with Gasteiger partial charge in [-0.25, -0.2) is 14.3 Å². The third-order valence-electron chi connectivity index (χ3n) is 2.87. The number of ether oxygens (including phenoxy) is 1. The molecule has 0 spiro atoms. The lowest BCUT2D eigenvalue weighted by molar-refractivity contribution is -0.384. The first kappa shape index (κ1) is 13.6. The number of rotatable bonds is 3. The highest BCUT2D eigenvalue weighted by atomic mass is 16.6. The van der Waals surface area contributed by atoms with Gasteiger partial charge in [-0.1, -0.05) is 0 Å². The molecule has 0 fully saturated rings. The van der Waals surface area contributed by atoms with Gasteiger partial charge < -0.3 is 4.74 Å². The monoisotopic (exact) mass is 299 g/mol. The first-order valence-corrected chi connectivity index (χ1v) is 6.19. The highest BCUT2D eigenvalue weighted by Crippen LogP contribution is 2.18. The number of carbonyl (C=O) groups is 1. The molecule has 1 aromatic carbocycles. The average molecular weight is 299 g/mol. The molecule has 0 unspecified atom stereocenters. The van der Waals surface area contributed by atoms with Crippen molar-refractivity contribution in [3.8, 4) is 5.75 Å². The lowest BCUT2D eigenvalue weighted by atomic mass is 10.3. The molecule has 9 nitrogen and oxygen atoms in total. The van der Waals surface area contributed by atoms with Gasteiger partial charge in [0.15, 0.2) is 0 Å². The number of nitrogens with zero attached hydrogens (tertiary/aromatic N) is 5. The van der Waals surface area contributed by atoms with Crippen molar-refractivity contribution in [3.05, 3.63) is 58.2 Å². The van der Waals surface area contributed by atoms with Gasteiger partial charge in [-0.2, -0.15) is 4.98 Å². The molecule has 0 amide bonds. The molecule has 2 aromatic heterocycles. The van der Waals surface area contributed by atoms with E-state index in [9.17, 15) is 14.9 Å². The fourth-order valence-corrected chi connectivity index (χ4v) is 1.78. The van der Waals surface area contributed by atoms with Crippen molar-refractivity contribution in [1.82, 2.24) is 19.6 Å². The zero-order chi connectivity index (χ0) is 15.7. The van der Waals surface area contributed by atoms with E-state index >= 15 is 0 Å². The second kappa shape index (κ2) is 5.20. The molecule has 0 aliphatic carbocycles. The van der Waals surface area contributed by atoms with E-state index < -0.39 is 10.9 Å². The molecular formula is C13H9N5O4. The Morgan fingerprint density at radius 1 is 1.27 bits per heavy atom. The number of benzene rings is 1. The van der Waals surface area contributed by atoms with Crippen molar-refractivity contribution in [2.45, 2.75) is 6.92 Å². The van der Waals surface area contributed by atoms with Gasteiger partial charge in [0.25, 0.3) is 17.3 Å². The van der Waals surface area contributed by atoms with Gasteiger partial charge in [-0.05, 0) is 25.1 Å². The third kappa shape index (κ3) is 2.46. The Hall–Kier alpha value is -3.36. The largest absolute Gasteiger partial charge is 0.421 e. The van der Waals surface area contributed by atoms with Crippen molar-refractivity contribution < 1.29 is 14.5 Å². The van der Waals surface area contributed by atoms with E-state index in [2.05, 4.69) is 15.1 Å². The zero-order valence-electron chi connectivity index (χ0n) is 11.3. The lowest BCUT2D eigenvalue weighted by Gasteiger charge is -2.00. The van der Waals surface area contributed by atoms with E-state index in [-0.39, 0.29) is 23.0 Å². The van der Waals surface area contributed by atoms with Crippen LogP contribution in [0.4, 0.5) is 5.69 Å². The Labute approximate surface area is 123 Å². The van der Waals surface area contributed by atoms with E-state index in [0.717, 1.165) is 5.69 Å². The minimum absolute atomic E-state index is 0.0921. The molecule has 0 N–H and O–H groups in total. The third-order valence-corrected chi connectivity index (χ3v) is 2.87. The number of hydrogen-bond acceptors (Lipinski definition) is 7. The van der Waals surface area contributed by atoms with E-state index in [1.165, 1.54) is 28.8 Å². The summed E-state index contributed by atoms with van der Waals surface area (Å²) in [6.45, 7) is 1.80. The van der Waals surface area contributed by atoms with Gasteiger partial charge in [-0.15, -0.1) is 5.10 Å². The summed E-state index contributed by atoms with van der Waals surface area (Å²) in [5.74, 6) is -0.450. The molecule has 0 bridgehead atoms. The normalized spacial score (nSPS) is 10.6. The van der Waals surface area contributed by atoms with E-state index in [4.69, 9.17) is 4.74 Å². The molecule has 0 aliphatic heterocycles. The van der Waals surface area contributed by atoms with Gasteiger partial charge in [0.2, 0.25) is 0 Å². The summed E-state index contributed by atoms with van der Waals surface area (Å²) in [5.41, 5.74) is 0.678. The van der Waals surface area contributed by atoms with Crippen LogP contribution in [0.25, 0.3) is 5.78 Å². The van der Waals surface area contributed by atoms with Crippen LogP contribution < -0.4 is 4.74 Å². The SMILES string of the molecule is Cc1ccnc2nc(C(=O)Oc3ccc([N+](=O)[O-])cc3)nn12. The standard InChI is InChI=1S/C13H9N5O4/c1-8-6-7-14-13-15-11(16-17(8)13)12(19)22-10-4-2-9(3-5-10)18(20)21/h2-7H,1H3. The molecule has 9 heteroatoms. The summed E-state index contributed by atoms with van der Waals surface area (Å²) >= 11 is 0. The Balaban J connectivity index is 1.83. The zero-order valence-corrected chi connectivity index (χ0v) is 11.3. The van der Waals surface area contributed by atoms with Crippen molar-refractivity contribution in [2.24, 2.45) is 0 Å².